The molecule has 2 atom stereocenters. The van der Waals surface area contributed by atoms with E-state index < -0.39 is 0 Å². The molecule has 2 rings (SSSR count). The van der Waals surface area contributed by atoms with Crippen LogP contribution in [-0.4, -0.2) is 38.1 Å². The van der Waals surface area contributed by atoms with Crippen molar-refractivity contribution in [2.24, 2.45) is 5.92 Å². The van der Waals surface area contributed by atoms with Crippen LogP contribution in [-0.2, 0) is 4.79 Å². The first kappa shape index (κ1) is 9.93. The highest BCUT2D eigenvalue weighted by atomic mass is 16.1. The lowest BCUT2D eigenvalue weighted by atomic mass is 10.1. The number of carbonyl (C=O) groups excluding carboxylic acids is 1. The Balaban J connectivity index is 1.66. The van der Waals surface area contributed by atoms with Crippen molar-refractivity contribution >= 4 is 5.91 Å². The van der Waals surface area contributed by atoms with Gasteiger partial charge in [-0.25, -0.2) is 0 Å². The fraction of sp³-hybridized carbons (Fsp3) is 0.900. The van der Waals surface area contributed by atoms with Crippen LogP contribution < -0.4 is 16.0 Å². The Morgan fingerprint density at radius 2 is 2.29 bits per heavy atom. The molecule has 0 bridgehead atoms. The molecule has 0 aromatic heterocycles. The van der Waals surface area contributed by atoms with Gasteiger partial charge in [0.05, 0.1) is 5.92 Å². The molecule has 0 radical (unpaired) electrons. The third-order valence-electron chi connectivity index (χ3n) is 3.12. The zero-order valence-electron chi connectivity index (χ0n) is 8.51. The Kier molecular flexibility index (Phi) is 3.37. The largest absolute Gasteiger partial charge is 0.354 e. The van der Waals surface area contributed by atoms with Gasteiger partial charge in [-0.2, -0.15) is 0 Å². The number of hydrogen-bond acceptors (Lipinski definition) is 3. The minimum atomic E-state index is 0.205. The molecule has 80 valence electrons. The van der Waals surface area contributed by atoms with Crippen molar-refractivity contribution in [3.05, 3.63) is 0 Å². The molecular formula is C10H19N3O. The lowest BCUT2D eigenvalue weighted by Crippen LogP contribution is -2.40. The summed E-state index contributed by atoms with van der Waals surface area (Å²) < 4.78 is 0. The van der Waals surface area contributed by atoms with Crippen LogP contribution in [0.5, 0.6) is 0 Å². The second-order valence-corrected chi connectivity index (χ2v) is 4.23. The molecule has 4 heteroatoms. The number of carbonyl (C=O) groups is 1. The predicted molar refractivity (Wildman–Crippen MR) is 55.0 cm³/mol. The van der Waals surface area contributed by atoms with Gasteiger partial charge < -0.3 is 16.0 Å². The zero-order valence-corrected chi connectivity index (χ0v) is 8.51. The summed E-state index contributed by atoms with van der Waals surface area (Å²) >= 11 is 0. The maximum Gasteiger partial charge on any atom is 0.224 e. The van der Waals surface area contributed by atoms with Crippen LogP contribution in [0.25, 0.3) is 0 Å². The molecule has 0 aromatic rings. The maximum atomic E-state index is 11.6. The minimum Gasteiger partial charge on any atom is -0.354 e. The summed E-state index contributed by atoms with van der Waals surface area (Å²) in [7, 11) is 0. The topological polar surface area (TPSA) is 53.2 Å². The SMILES string of the molecule is O=C(NCC1CCCN1)C1CCNC1. The molecule has 0 aromatic carbocycles. The fourth-order valence-electron chi connectivity index (χ4n) is 2.18. The maximum absolute atomic E-state index is 11.6. The van der Waals surface area contributed by atoms with Crippen LogP contribution in [0.2, 0.25) is 0 Å². The van der Waals surface area contributed by atoms with E-state index in [1.54, 1.807) is 0 Å². The van der Waals surface area contributed by atoms with Gasteiger partial charge in [-0.3, -0.25) is 4.79 Å². The van der Waals surface area contributed by atoms with Gasteiger partial charge in [0, 0.05) is 19.1 Å². The normalized spacial score (nSPS) is 32.0. The van der Waals surface area contributed by atoms with Crippen molar-refractivity contribution in [3.63, 3.8) is 0 Å². The van der Waals surface area contributed by atoms with Crippen molar-refractivity contribution in [2.75, 3.05) is 26.2 Å². The van der Waals surface area contributed by atoms with E-state index in [0.29, 0.717) is 6.04 Å². The Morgan fingerprint density at radius 1 is 1.36 bits per heavy atom. The number of amides is 1. The Hall–Kier alpha value is -0.610. The van der Waals surface area contributed by atoms with Crippen molar-refractivity contribution in [1.82, 2.24) is 16.0 Å². The first-order valence-electron chi connectivity index (χ1n) is 5.58. The third kappa shape index (κ3) is 2.45. The van der Waals surface area contributed by atoms with Crippen LogP contribution in [0.4, 0.5) is 0 Å². The highest BCUT2D eigenvalue weighted by Crippen LogP contribution is 2.08. The van der Waals surface area contributed by atoms with E-state index in [1.807, 2.05) is 0 Å². The van der Waals surface area contributed by atoms with Crippen LogP contribution in [0.3, 0.4) is 0 Å². The summed E-state index contributed by atoms with van der Waals surface area (Å²) in [4.78, 5) is 11.6. The van der Waals surface area contributed by atoms with Crippen molar-refractivity contribution in [1.29, 1.82) is 0 Å². The summed E-state index contributed by atoms with van der Waals surface area (Å²) in [5, 5.41) is 9.60. The summed E-state index contributed by atoms with van der Waals surface area (Å²) in [5.41, 5.74) is 0. The van der Waals surface area contributed by atoms with Gasteiger partial charge in [0.2, 0.25) is 5.91 Å². The standard InChI is InChI=1S/C10H19N3O/c14-10(8-3-5-11-6-8)13-7-9-2-1-4-12-9/h8-9,11-12H,1-7H2,(H,13,14). The van der Waals surface area contributed by atoms with Crippen LogP contribution in [0.15, 0.2) is 0 Å². The summed E-state index contributed by atoms with van der Waals surface area (Å²) in [5.74, 6) is 0.431. The average molecular weight is 197 g/mol. The van der Waals surface area contributed by atoms with Gasteiger partial charge in [-0.15, -0.1) is 0 Å². The second-order valence-electron chi connectivity index (χ2n) is 4.23. The second kappa shape index (κ2) is 4.75. The first-order valence-corrected chi connectivity index (χ1v) is 5.58. The van der Waals surface area contributed by atoms with E-state index in [4.69, 9.17) is 0 Å². The highest BCUT2D eigenvalue weighted by molar-refractivity contribution is 5.79. The Morgan fingerprint density at radius 3 is 2.93 bits per heavy atom. The Bertz CT molecular complexity index is 196. The molecule has 3 N–H and O–H groups in total. The minimum absolute atomic E-state index is 0.205. The van der Waals surface area contributed by atoms with E-state index in [1.165, 1.54) is 12.8 Å². The van der Waals surface area contributed by atoms with E-state index in [2.05, 4.69) is 16.0 Å². The smallest absolute Gasteiger partial charge is 0.224 e. The molecule has 2 saturated heterocycles. The summed E-state index contributed by atoms with van der Waals surface area (Å²) in [6.45, 7) is 3.74. The number of hydrogen-bond donors (Lipinski definition) is 3. The molecule has 0 aliphatic carbocycles. The van der Waals surface area contributed by atoms with Crippen LogP contribution in [0.1, 0.15) is 19.3 Å². The molecule has 2 aliphatic heterocycles. The molecule has 4 nitrogen and oxygen atoms in total. The lowest BCUT2D eigenvalue weighted by Gasteiger charge is -2.13. The van der Waals surface area contributed by atoms with E-state index >= 15 is 0 Å². The molecule has 2 aliphatic rings. The Labute approximate surface area is 84.8 Å². The average Bonchev–Trinajstić information content (AvgIpc) is 2.87. The quantitative estimate of drug-likeness (QED) is 0.570. The van der Waals surface area contributed by atoms with E-state index in [9.17, 15) is 4.79 Å². The predicted octanol–water partition coefficient (Wildman–Crippen LogP) is -0.536. The molecule has 2 heterocycles. The van der Waals surface area contributed by atoms with Gasteiger partial charge in [0.25, 0.3) is 0 Å². The van der Waals surface area contributed by atoms with E-state index in [-0.39, 0.29) is 11.8 Å². The first-order chi connectivity index (χ1) is 6.86. The van der Waals surface area contributed by atoms with Gasteiger partial charge in [0.15, 0.2) is 0 Å². The third-order valence-corrected chi connectivity index (χ3v) is 3.12. The summed E-state index contributed by atoms with van der Waals surface area (Å²) in [6, 6.07) is 0.508. The molecule has 0 saturated carbocycles. The van der Waals surface area contributed by atoms with Crippen LogP contribution >= 0.6 is 0 Å². The number of rotatable bonds is 3. The van der Waals surface area contributed by atoms with Crippen molar-refractivity contribution < 1.29 is 4.79 Å². The van der Waals surface area contributed by atoms with Crippen molar-refractivity contribution in [2.45, 2.75) is 25.3 Å². The number of nitrogens with one attached hydrogen (secondary N) is 3. The van der Waals surface area contributed by atoms with Crippen LogP contribution in [0, 0.1) is 5.92 Å². The molecule has 1 amide bonds. The van der Waals surface area contributed by atoms with E-state index in [0.717, 1.165) is 32.6 Å². The molecule has 0 spiro atoms. The zero-order chi connectivity index (χ0) is 9.80. The lowest BCUT2D eigenvalue weighted by molar-refractivity contribution is -0.124. The molecular weight excluding hydrogens is 178 g/mol. The highest BCUT2D eigenvalue weighted by Gasteiger charge is 2.23. The molecule has 2 fully saturated rings. The molecule has 14 heavy (non-hydrogen) atoms. The van der Waals surface area contributed by atoms with Crippen molar-refractivity contribution in [3.8, 4) is 0 Å². The van der Waals surface area contributed by atoms with Gasteiger partial charge >= 0.3 is 0 Å². The van der Waals surface area contributed by atoms with Gasteiger partial charge in [0.1, 0.15) is 0 Å². The fourth-order valence-corrected chi connectivity index (χ4v) is 2.18. The molecule has 2 unspecified atom stereocenters. The van der Waals surface area contributed by atoms with Gasteiger partial charge in [-0.05, 0) is 32.4 Å². The van der Waals surface area contributed by atoms with Gasteiger partial charge in [-0.1, -0.05) is 0 Å². The summed E-state index contributed by atoms with van der Waals surface area (Å²) in [6.07, 6.45) is 3.43. The monoisotopic (exact) mass is 197 g/mol.